The molecule has 0 atom stereocenters. The molecule has 0 saturated carbocycles. The number of methoxy groups -OCH3 is 1. The predicted octanol–water partition coefficient (Wildman–Crippen LogP) is 4.08. The van der Waals surface area contributed by atoms with Gasteiger partial charge in [-0.25, -0.2) is 0 Å². The highest BCUT2D eigenvalue weighted by Gasteiger charge is 2.13. The number of ketones is 1. The van der Waals surface area contributed by atoms with Crippen molar-refractivity contribution in [3.05, 3.63) is 57.2 Å². The second kappa shape index (κ2) is 6.74. The molecule has 104 valence electrons. The van der Waals surface area contributed by atoms with Gasteiger partial charge in [-0.15, -0.1) is 0 Å². The number of rotatable bonds is 5. The molecule has 0 aliphatic rings. The van der Waals surface area contributed by atoms with Gasteiger partial charge in [0.25, 0.3) is 0 Å². The maximum Gasteiger partial charge on any atom is 0.162 e. The van der Waals surface area contributed by atoms with Gasteiger partial charge in [-0.3, -0.25) is 4.79 Å². The molecule has 0 aliphatic heterocycles. The Hall–Kier alpha value is -1.56. The van der Waals surface area contributed by atoms with Crippen LogP contribution in [0.2, 0.25) is 0 Å². The molecule has 0 unspecified atom stereocenters. The van der Waals surface area contributed by atoms with E-state index in [0.717, 1.165) is 9.13 Å². The second-order valence-corrected chi connectivity index (χ2v) is 5.48. The van der Waals surface area contributed by atoms with E-state index >= 15 is 0 Å². The lowest BCUT2D eigenvalue weighted by molar-refractivity contribution is 0.101. The molecule has 0 N–H and O–H groups in total. The fourth-order valence-corrected chi connectivity index (χ4v) is 2.63. The lowest BCUT2D eigenvalue weighted by Crippen LogP contribution is -2.02. The summed E-state index contributed by atoms with van der Waals surface area (Å²) >= 11 is 2.13. The van der Waals surface area contributed by atoms with Gasteiger partial charge in [0.2, 0.25) is 0 Å². The molecule has 0 aliphatic carbocycles. The summed E-state index contributed by atoms with van der Waals surface area (Å²) < 4.78 is 11.9. The Bertz CT molecular complexity index is 609. The van der Waals surface area contributed by atoms with Gasteiger partial charge >= 0.3 is 0 Å². The minimum atomic E-state index is 0.0160. The third kappa shape index (κ3) is 3.50. The maximum atomic E-state index is 11.5. The molecule has 2 aromatic carbocycles. The Labute approximate surface area is 132 Å². The summed E-state index contributed by atoms with van der Waals surface area (Å²) in [7, 11) is 1.57. The molecular formula is C16H15IO3. The van der Waals surface area contributed by atoms with Crippen LogP contribution in [0.25, 0.3) is 0 Å². The van der Waals surface area contributed by atoms with Gasteiger partial charge in [0.05, 0.1) is 7.11 Å². The monoisotopic (exact) mass is 382 g/mol. The number of halogens is 1. The van der Waals surface area contributed by atoms with Crippen LogP contribution in [-0.4, -0.2) is 12.9 Å². The van der Waals surface area contributed by atoms with Crippen molar-refractivity contribution < 1.29 is 14.3 Å². The smallest absolute Gasteiger partial charge is 0.162 e. The van der Waals surface area contributed by atoms with E-state index in [0.29, 0.717) is 23.7 Å². The minimum absolute atomic E-state index is 0.0160. The van der Waals surface area contributed by atoms with E-state index in [1.165, 1.54) is 0 Å². The first-order valence-electron chi connectivity index (χ1n) is 6.17. The minimum Gasteiger partial charge on any atom is -0.493 e. The summed E-state index contributed by atoms with van der Waals surface area (Å²) in [6, 6.07) is 13.5. The number of ether oxygens (including phenoxy) is 2. The van der Waals surface area contributed by atoms with Crippen LogP contribution < -0.4 is 9.47 Å². The molecule has 2 rings (SSSR count). The summed E-state index contributed by atoms with van der Waals surface area (Å²) in [5, 5.41) is 0. The Balaban J connectivity index is 2.23. The average molecular weight is 382 g/mol. The number of carbonyl (C=O) groups excluding carboxylic acids is 1. The summed E-state index contributed by atoms with van der Waals surface area (Å²) in [6.45, 7) is 2.01. The highest BCUT2D eigenvalue weighted by Crippen LogP contribution is 2.32. The lowest BCUT2D eigenvalue weighted by atomic mass is 10.1. The van der Waals surface area contributed by atoms with Crippen LogP contribution in [0.5, 0.6) is 11.5 Å². The van der Waals surface area contributed by atoms with E-state index in [9.17, 15) is 4.79 Å². The summed E-state index contributed by atoms with van der Waals surface area (Å²) in [6.07, 6.45) is 0. The molecule has 4 heteroatoms. The number of Topliss-reactive ketones (excluding diaryl/α,β-unsaturated/α-hetero) is 1. The van der Waals surface area contributed by atoms with Crippen molar-refractivity contribution in [2.75, 3.05) is 7.11 Å². The zero-order chi connectivity index (χ0) is 14.5. The Morgan fingerprint density at radius 3 is 2.45 bits per heavy atom. The third-order valence-electron chi connectivity index (χ3n) is 2.87. The van der Waals surface area contributed by atoms with Gasteiger partial charge in [-0.2, -0.15) is 0 Å². The van der Waals surface area contributed by atoms with Crippen LogP contribution in [0.15, 0.2) is 42.5 Å². The van der Waals surface area contributed by atoms with Crippen molar-refractivity contribution >= 4 is 28.4 Å². The molecule has 0 bridgehead atoms. The zero-order valence-electron chi connectivity index (χ0n) is 11.4. The van der Waals surface area contributed by atoms with Crippen LogP contribution in [0.4, 0.5) is 0 Å². The molecule has 0 fully saturated rings. The molecule has 0 amide bonds. The van der Waals surface area contributed by atoms with E-state index in [-0.39, 0.29) is 5.78 Å². The number of carbonyl (C=O) groups is 1. The summed E-state index contributed by atoms with van der Waals surface area (Å²) in [5.41, 5.74) is 1.73. The van der Waals surface area contributed by atoms with Crippen LogP contribution in [-0.2, 0) is 6.61 Å². The first kappa shape index (κ1) is 14.8. The number of hydrogen-bond donors (Lipinski definition) is 0. The quantitative estimate of drug-likeness (QED) is 0.578. The molecule has 0 aromatic heterocycles. The van der Waals surface area contributed by atoms with Crippen molar-refractivity contribution in [1.29, 1.82) is 0 Å². The molecule has 0 radical (unpaired) electrons. The van der Waals surface area contributed by atoms with E-state index < -0.39 is 0 Å². The maximum absolute atomic E-state index is 11.5. The number of hydrogen-bond acceptors (Lipinski definition) is 3. The Kier molecular flexibility index (Phi) is 5.00. The van der Waals surface area contributed by atoms with Gasteiger partial charge in [-0.05, 0) is 47.2 Å². The SMILES string of the molecule is COc1cc(C(C)=O)c(I)cc1OCc1ccccc1. The first-order valence-corrected chi connectivity index (χ1v) is 7.25. The Morgan fingerprint density at radius 1 is 1.15 bits per heavy atom. The topological polar surface area (TPSA) is 35.5 Å². The van der Waals surface area contributed by atoms with E-state index in [4.69, 9.17) is 9.47 Å². The van der Waals surface area contributed by atoms with Crippen molar-refractivity contribution in [1.82, 2.24) is 0 Å². The van der Waals surface area contributed by atoms with Crippen LogP contribution in [0.1, 0.15) is 22.8 Å². The molecule has 0 saturated heterocycles. The highest BCUT2D eigenvalue weighted by atomic mass is 127. The van der Waals surface area contributed by atoms with Crippen molar-refractivity contribution in [2.45, 2.75) is 13.5 Å². The van der Waals surface area contributed by atoms with Crippen LogP contribution in [0.3, 0.4) is 0 Å². The normalized spacial score (nSPS) is 10.2. The summed E-state index contributed by atoms with van der Waals surface area (Å²) in [5.74, 6) is 1.24. The fourth-order valence-electron chi connectivity index (χ4n) is 1.81. The molecule has 3 nitrogen and oxygen atoms in total. The fraction of sp³-hybridized carbons (Fsp3) is 0.188. The molecular weight excluding hydrogens is 367 g/mol. The average Bonchev–Trinajstić information content (AvgIpc) is 2.46. The lowest BCUT2D eigenvalue weighted by Gasteiger charge is -2.13. The zero-order valence-corrected chi connectivity index (χ0v) is 13.5. The van der Waals surface area contributed by atoms with E-state index in [1.54, 1.807) is 20.1 Å². The molecule has 0 heterocycles. The second-order valence-electron chi connectivity index (χ2n) is 4.31. The highest BCUT2D eigenvalue weighted by molar-refractivity contribution is 14.1. The van der Waals surface area contributed by atoms with E-state index in [2.05, 4.69) is 22.6 Å². The number of benzene rings is 2. The van der Waals surface area contributed by atoms with Gasteiger partial charge in [0.15, 0.2) is 17.3 Å². The van der Waals surface area contributed by atoms with Gasteiger partial charge in [0, 0.05) is 9.13 Å². The van der Waals surface area contributed by atoms with Crippen LogP contribution in [0, 0.1) is 3.57 Å². The van der Waals surface area contributed by atoms with Gasteiger partial charge < -0.3 is 9.47 Å². The largest absolute Gasteiger partial charge is 0.493 e. The van der Waals surface area contributed by atoms with E-state index in [1.807, 2.05) is 36.4 Å². The molecule has 0 spiro atoms. The van der Waals surface area contributed by atoms with Crippen molar-refractivity contribution in [3.63, 3.8) is 0 Å². The predicted molar refractivity (Wildman–Crippen MR) is 86.5 cm³/mol. The molecule has 20 heavy (non-hydrogen) atoms. The van der Waals surface area contributed by atoms with Gasteiger partial charge in [0.1, 0.15) is 6.61 Å². The third-order valence-corrected chi connectivity index (χ3v) is 3.76. The van der Waals surface area contributed by atoms with Gasteiger partial charge in [-0.1, -0.05) is 30.3 Å². The molecule has 2 aromatic rings. The first-order chi connectivity index (χ1) is 9.61. The van der Waals surface area contributed by atoms with Crippen molar-refractivity contribution in [2.24, 2.45) is 0 Å². The standard InChI is InChI=1S/C16H15IO3/c1-11(18)13-8-15(19-2)16(9-14(13)17)20-10-12-6-4-3-5-7-12/h3-9H,10H2,1-2H3. The summed E-state index contributed by atoms with van der Waals surface area (Å²) in [4.78, 5) is 11.5. The van der Waals surface area contributed by atoms with Crippen molar-refractivity contribution in [3.8, 4) is 11.5 Å². The Morgan fingerprint density at radius 2 is 1.85 bits per heavy atom. The van der Waals surface area contributed by atoms with Crippen LogP contribution >= 0.6 is 22.6 Å².